The molecule has 4 unspecified atom stereocenters. The second-order valence-corrected chi connectivity index (χ2v) is 8.41. The van der Waals surface area contributed by atoms with Gasteiger partial charge in [-0.05, 0) is 44.1 Å². The van der Waals surface area contributed by atoms with Crippen LogP contribution >= 0.6 is 11.3 Å². The van der Waals surface area contributed by atoms with Gasteiger partial charge in [-0.3, -0.25) is 14.4 Å². The van der Waals surface area contributed by atoms with Crippen LogP contribution in [0.25, 0.3) is 0 Å². The second kappa shape index (κ2) is 6.66. The number of anilines is 1. The van der Waals surface area contributed by atoms with Crippen molar-refractivity contribution in [2.45, 2.75) is 57.2 Å². The molecule has 0 aromatic carbocycles. The smallest absolute Gasteiger partial charge is 0.310 e. The van der Waals surface area contributed by atoms with E-state index in [2.05, 4.69) is 5.32 Å². The minimum Gasteiger partial charge on any atom is -0.481 e. The van der Waals surface area contributed by atoms with E-state index in [0.29, 0.717) is 23.4 Å². The van der Waals surface area contributed by atoms with Crippen LogP contribution < -0.4 is 11.1 Å². The van der Waals surface area contributed by atoms with Crippen molar-refractivity contribution in [2.24, 2.45) is 17.6 Å². The van der Waals surface area contributed by atoms with E-state index in [4.69, 9.17) is 10.5 Å². The van der Waals surface area contributed by atoms with Crippen molar-refractivity contribution in [1.29, 1.82) is 0 Å². The molecule has 7 nitrogen and oxygen atoms in total. The second-order valence-electron chi connectivity index (χ2n) is 7.30. The average Bonchev–Trinajstić information content (AvgIpc) is 3.23. The molecular weight excluding hydrogens is 356 g/mol. The van der Waals surface area contributed by atoms with E-state index in [1.807, 2.05) is 0 Å². The van der Waals surface area contributed by atoms with Gasteiger partial charge in [0.25, 0.3) is 5.91 Å². The molecule has 2 fully saturated rings. The molecule has 0 saturated carbocycles. The maximum absolute atomic E-state index is 12.9. The van der Waals surface area contributed by atoms with Gasteiger partial charge in [0.05, 0.1) is 29.6 Å². The zero-order chi connectivity index (χ0) is 18.4. The van der Waals surface area contributed by atoms with Gasteiger partial charge in [-0.15, -0.1) is 11.3 Å². The number of aliphatic carboxylic acids is 1. The topological polar surface area (TPSA) is 119 Å². The fraction of sp³-hybridized carbons (Fsp3) is 0.611. The van der Waals surface area contributed by atoms with Gasteiger partial charge in [0.2, 0.25) is 5.91 Å². The van der Waals surface area contributed by atoms with Gasteiger partial charge in [-0.25, -0.2) is 0 Å². The monoisotopic (exact) mass is 378 g/mol. The predicted octanol–water partition coefficient (Wildman–Crippen LogP) is 1.93. The van der Waals surface area contributed by atoms with Crippen molar-refractivity contribution in [1.82, 2.24) is 0 Å². The number of fused-ring (bicyclic) bond motifs is 3. The molecular formula is C18H22N2O5S. The lowest BCUT2D eigenvalue weighted by Crippen LogP contribution is -2.41. The Morgan fingerprint density at radius 1 is 1.08 bits per heavy atom. The number of ether oxygens (including phenoxy) is 1. The number of carboxylic acid groups (broad SMARTS) is 1. The first-order valence-corrected chi connectivity index (χ1v) is 9.92. The number of aryl methyl sites for hydroxylation is 1. The molecule has 0 radical (unpaired) electrons. The van der Waals surface area contributed by atoms with Crippen molar-refractivity contribution in [3.8, 4) is 0 Å². The van der Waals surface area contributed by atoms with Crippen molar-refractivity contribution in [3.05, 3.63) is 16.0 Å². The number of carbonyl (C=O) groups excluding carboxylic acids is 2. The number of hydrogen-bond donors (Lipinski definition) is 3. The summed E-state index contributed by atoms with van der Waals surface area (Å²) in [5.74, 6) is -3.49. The Morgan fingerprint density at radius 2 is 1.77 bits per heavy atom. The molecule has 2 saturated heterocycles. The lowest BCUT2D eigenvalue weighted by Gasteiger charge is -2.23. The van der Waals surface area contributed by atoms with Gasteiger partial charge in [0, 0.05) is 4.88 Å². The quantitative estimate of drug-likeness (QED) is 0.692. The summed E-state index contributed by atoms with van der Waals surface area (Å²) in [4.78, 5) is 37.6. The number of thiophene rings is 1. The van der Waals surface area contributed by atoms with Crippen LogP contribution in [0.4, 0.5) is 5.00 Å². The molecule has 3 aliphatic rings. The number of nitrogens with two attached hydrogens (primary N) is 1. The summed E-state index contributed by atoms with van der Waals surface area (Å²) in [5.41, 5.74) is 6.95. The summed E-state index contributed by atoms with van der Waals surface area (Å²) in [6, 6.07) is 0. The molecule has 2 bridgehead atoms. The maximum atomic E-state index is 12.9. The number of primary amides is 1. The van der Waals surface area contributed by atoms with Gasteiger partial charge >= 0.3 is 5.97 Å². The fourth-order valence-electron chi connectivity index (χ4n) is 4.61. The summed E-state index contributed by atoms with van der Waals surface area (Å²) in [6.45, 7) is 0. The maximum Gasteiger partial charge on any atom is 0.310 e. The molecule has 2 aliphatic heterocycles. The van der Waals surface area contributed by atoms with Crippen LogP contribution in [-0.4, -0.2) is 35.1 Å². The third kappa shape index (κ3) is 2.81. The standard InChI is InChI=1S/C18H22N2O5S/c19-15(21)12-8-4-2-1-3-5-11(8)26-17(12)20-16(22)13-9-6-7-10(25-9)14(13)18(23)24/h9-10,13-14H,1-7H2,(H2,19,21)(H,20,22)(H,23,24). The Kier molecular flexibility index (Phi) is 4.48. The highest BCUT2D eigenvalue weighted by Crippen LogP contribution is 2.45. The summed E-state index contributed by atoms with van der Waals surface area (Å²) in [7, 11) is 0. The van der Waals surface area contributed by atoms with Gasteiger partial charge < -0.3 is 20.9 Å². The Labute approximate surface area is 154 Å². The number of rotatable bonds is 4. The lowest BCUT2D eigenvalue weighted by molar-refractivity contribution is -0.147. The van der Waals surface area contributed by atoms with Crippen LogP contribution in [0.3, 0.4) is 0 Å². The summed E-state index contributed by atoms with van der Waals surface area (Å²) >= 11 is 1.40. The largest absolute Gasteiger partial charge is 0.481 e. The van der Waals surface area contributed by atoms with Gasteiger partial charge in [-0.2, -0.15) is 0 Å². The first-order chi connectivity index (χ1) is 12.5. The first-order valence-electron chi connectivity index (χ1n) is 9.11. The van der Waals surface area contributed by atoms with Crippen molar-refractivity contribution >= 4 is 34.1 Å². The highest BCUT2D eigenvalue weighted by molar-refractivity contribution is 7.17. The van der Waals surface area contributed by atoms with Crippen LogP contribution in [0.5, 0.6) is 0 Å². The summed E-state index contributed by atoms with van der Waals surface area (Å²) < 4.78 is 5.66. The number of nitrogens with one attached hydrogen (secondary N) is 1. The fourth-order valence-corrected chi connectivity index (χ4v) is 5.91. The highest BCUT2D eigenvalue weighted by Gasteiger charge is 2.55. The molecule has 140 valence electrons. The normalized spacial score (nSPS) is 29.8. The molecule has 2 amide bonds. The van der Waals surface area contributed by atoms with E-state index in [9.17, 15) is 19.5 Å². The van der Waals surface area contributed by atoms with E-state index in [1.54, 1.807) is 0 Å². The molecule has 1 aromatic rings. The summed E-state index contributed by atoms with van der Waals surface area (Å²) in [5, 5.41) is 12.8. The van der Waals surface area contributed by atoms with Crippen molar-refractivity contribution < 1.29 is 24.2 Å². The number of hydrogen-bond acceptors (Lipinski definition) is 5. The Morgan fingerprint density at radius 3 is 2.46 bits per heavy atom. The number of carboxylic acids is 1. The molecule has 26 heavy (non-hydrogen) atoms. The minimum atomic E-state index is -1.01. The Balaban J connectivity index is 1.62. The van der Waals surface area contributed by atoms with Crippen molar-refractivity contribution in [2.75, 3.05) is 5.32 Å². The number of carbonyl (C=O) groups is 3. The van der Waals surface area contributed by atoms with Crippen LogP contribution in [0.1, 0.15) is 52.9 Å². The third-order valence-corrected chi connectivity index (χ3v) is 6.97. The molecule has 4 atom stereocenters. The van der Waals surface area contributed by atoms with Crippen LogP contribution in [0, 0.1) is 11.8 Å². The van der Waals surface area contributed by atoms with E-state index in [1.165, 1.54) is 11.3 Å². The molecule has 4 rings (SSSR count). The zero-order valence-electron chi connectivity index (χ0n) is 14.3. The van der Waals surface area contributed by atoms with E-state index >= 15 is 0 Å². The van der Waals surface area contributed by atoms with Crippen LogP contribution in [-0.2, 0) is 27.2 Å². The third-order valence-electron chi connectivity index (χ3n) is 5.77. The number of amides is 2. The predicted molar refractivity (Wildman–Crippen MR) is 95.2 cm³/mol. The molecule has 8 heteroatoms. The SMILES string of the molecule is NC(=O)c1c(NC(=O)C2C3CCC(O3)C2C(=O)O)sc2c1CCCCC2. The molecule has 4 N–H and O–H groups in total. The van der Waals surface area contributed by atoms with Crippen molar-refractivity contribution in [3.63, 3.8) is 0 Å². The molecule has 3 heterocycles. The van der Waals surface area contributed by atoms with Gasteiger partial charge in [0.15, 0.2) is 0 Å². The first kappa shape index (κ1) is 17.5. The molecule has 1 aliphatic carbocycles. The average molecular weight is 378 g/mol. The molecule has 1 aromatic heterocycles. The van der Waals surface area contributed by atoms with Crippen LogP contribution in [0.2, 0.25) is 0 Å². The minimum absolute atomic E-state index is 0.365. The molecule has 0 spiro atoms. The van der Waals surface area contributed by atoms with E-state index < -0.39 is 29.8 Å². The Hall–Kier alpha value is -1.93. The van der Waals surface area contributed by atoms with E-state index in [-0.39, 0.29) is 12.0 Å². The van der Waals surface area contributed by atoms with Gasteiger partial charge in [-0.1, -0.05) is 6.42 Å². The van der Waals surface area contributed by atoms with Gasteiger partial charge in [0.1, 0.15) is 5.00 Å². The van der Waals surface area contributed by atoms with E-state index in [0.717, 1.165) is 42.5 Å². The zero-order valence-corrected chi connectivity index (χ0v) is 15.1. The van der Waals surface area contributed by atoms with Crippen LogP contribution in [0.15, 0.2) is 0 Å². The Bertz CT molecular complexity index is 774. The highest BCUT2D eigenvalue weighted by atomic mass is 32.1. The lowest BCUT2D eigenvalue weighted by atomic mass is 9.78. The summed E-state index contributed by atoms with van der Waals surface area (Å²) in [6.07, 6.45) is 5.44.